The number of para-hydroxylation sites is 1. The van der Waals surface area contributed by atoms with Crippen LogP contribution in [0.4, 0.5) is 18.9 Å². The zero-order valence-corrected chi connectivity index (χ0v) is 22.6. The van der Waals surface area contributed by atoms with E-state index in [4.69, 9.17) is 32.7 Å². The molecule has 8 nitrogen and oxygen atoms in total. The molecule has 2 atom stereocenters. The van der Waals surface area contributed by atoms with E-state index in [1.54, 1.807) is 6.92 Å². The molecule has 39 heavy (non-hydrogen) atoms. The molecule has 2 aromatic carbocycles. The zero-order chi connectivity index (χ0) is 28.9. The number of amides is 2. The third kappa shape index (κ3) is 6.79. The first-order valence-electron chi connectivity index (χ1n) is 11.2. The Balaban J connectivity index is 1.97. The maximum absolute atomic E-state index is 13.3. The molecule has 0 saturated heterocycles. The Bertz CT molecular complexity index is 1350. The van der Waals surface area contributed by atoms with Crippen LogP contribution >= 0.6 is 35.0 Å². The maximum atomic E-state index is 13.3. The third-order valence-electron chi connectivity index (χ3n) is 5.51. The normalized spacial score (nSPS) is 17.2. The molecule has 0 unspecified atom stereocenters. The van der Waals surface area contributed by atoms with Crippen LogP contribution in [0.5, 0.6) is 5.75 Å². The van der Waals surface area contributed by atoms with Gasteiger partial charge in [0.1, 0.15) is 5.92 Å². The fourth-order valence-electron chi connectivity index (χ4n) is 3.88. The quantitative estimate of drug-likeness (QED) is 0.302. The molecule has 0 aromatic heterocycles. The van der Waals surface area contributed by atoms with Crippen molar-refractivity contribution in [3.05, 3.63) is 68.2 Å². The molecule has 0 aliphatic carbocycles. The molecule has 0 radical (unpaired) electrons. The lowest BCUT2D eigenvalue weighted by molar-refractivity contribution is -0.150. The summed E-state index contributed by atoms with van der Waals surface area (Å²) in [6, 6.07) is 9.20. The Morgan fingerprint density at radius 1 is 1.21 bits per heavy atom. The van der Waals surface area contributed by atoms with Crippen molar-refractivity contribution in [2.75, 3.05) is 24.8 Å². The number of benzene rings is 2. The van der Waals surface area contributed by atoms with Gasteiger partial charge < -0.3 is 20.1 Å². The number of alkyl halides is 3. The molecular weight excluding hydrogens is 582 g/mol. The van der Waals surface area contributed by atoms with E-state index in [-0.39, 0.29) is 38.6 Å². The van der Waals surface area contributed by atoms with Gasteiger partial charge in [-0.25, -0.2) is 0 Å². The minimum Gasteiger partial charge on any atom is -0.491 e. The van der Waals surface area contributed by atoms with Gasteiger partial charge in [-0.2, -0.15) is 18.4 Å². The number of rotatable bonds is 8. The highest BCUT2D eigenvalue weighted by molar-refractivity contribution is 8.03. The summed E-state index contributed by atoms with van der Waals surface area (Å²) < 4.78 is 50.0. The van der Waals surface area contributed by atoms with Crippen LogP contribution in [0.25, 0.3) is 0 Å². The van der Waals surface area contributed by atoms with E-state index in [0.29, 0.717) is 11.8 Å². The molecule has 1 aliphatic rings. The summed E-state index contributed by atoms with van der Waals surface area (Å²) >= 11 is 13.3. The van der Waals surface area contributed by atoms with Crippen molar-refractivity contribution in [1.29, 1.82) is 5.26 Å². The monoisotopic (exact) mass is 601 g/mol. The smallest absolute Gasteiger partial charge is 0.418 e. The van der Waals surface area contributed by atoms with Gasteiger partial charge in [0.05, 0.1) is 57.4 Å². The first kappa shape index (κ1) is 30.1. The van der Waals surface area contributed by atoms with Crippen molar-refractivity contribution in [2.45, 2.75) is 19.0 Å². The Morgan fingerprint density at radius 2 is 1.85 bits per heavy atom. The van der Waals surface area contributed by atoms with Crippen LogP contribution in [0.15, 0.2) is 47.0 Å². The standard InChI is InChI=1S/C25H20Cl2F3N3O5S/c1-3-38-21-15(26)8-12(9-16(21)27)19-13(10-31)23(33-22(35)20(19)24(36)37-2)39-11-18(34)32-17-7-5-4-6-14(17)25(28,29)30/h4-9,19-20H,3,11H2,1-2H3,(H,32,34)(H,33,35)/t19-,20+/m1/s1. The van der Waals surface area contributed by atoms with Crippen molar-refractivity contribution in [3.8, 4) is 11.8 Å². The average Bonchev–Trinajstić information content (AvgIpc) is 2.88. The molecule has 0 spiro atoms. The second-order valence-corrected chi connectivity index (χ2v) is 9.75. The van der Waals surface area contributed by atoms with Crippen molar-refractivity contribution in [3.63, 3.8) is 0 Å². The predicted molar refractivity (Wildman–Crippen MR) is 139 cm³/mol. The van der Waals surface area contributed by atoms with E-state index in [2.05, 4.69) is 10.6 Å². The average molecular weight is 602 g/mol. The lowest BCUT2D eigenvalue weighted by atomic mass is 9.78. The Labute approximate surface area is 235 Å². The van der Waals surface area contributed by atoms with Crippen LogP contribution in [0, 0.1) is 17.2 Å². The number of nitrogens with zero attached hydrogens (tertiary/aromatic N) is 1. The molecule has 1 heterocycles. The highest BCUT2D eigenvalue weighted by Crippen LogP contribution is 2.44. The van der Waals surface area contributed by atoms with Gasteiger partial charge in [-0.05, 0) is 36.8 Å². The van der Waals surface area contributed by atoms with Crippen LogP contribution in [-0.2, 0) is 25.3 Å². The zero-order valence-electron chi connectivity index (χ0n) is 20.3. The summed E-state index contributed by atoms with van der Waals surface area (Å²) in [5.41, 5.74) is -1.34. The van der Waals surface area contributed by atoms with Gasteiger partial charge in [0.15, 0.2) is 5.75 Å². The van der Waals surface area contributed by atoms with Gasteiger partial charge in [-0.3, -0.25) is 14.4 Å². The molecule has 2 amide bonds. The number of carbonyl (C=O) groups is 3. The number of ether oxygens (including phenoxy) is 2. The van der Waals surface area contributed by atoms with Crippen LogP contribution < -0.4 is 15.4 Å². The molecule has 14 heteroatoms. The SMILES string of the molecule is CCOc1c(Cl)cc([C@@H]2C(C#N)=C(SCC(=O)Nc3ccccc3C(F)(F)F)NC(=O)[C@H]2C(=O)OC)cc1Cl. The number of allylic oxidation sites excluding steroid dienone is 1. The number of halogens is 5. The fourth-order valence-corrected chi connectivity index (χ4v) is 5.35. The number of esters is 1. The number of methoxy groups -OCH3 is 1. The summed E-state index contributed by atoms with van der Waals surface area (Å²) in [6.07, 6.45) is -4.69. The van der Waals surface area contributed by atoms with Crippen LogP contribution in [0.2, 0.25) is 10.0 Å². The number of nitriles is 1. The number of hydrogen-bond donors (Lipinski definition) is 2. The Morgan fingerprint density at radius 3 is 2.41 bits per heavy atom. The highest BCUT2D eigenvalue weighted by atomic mass is 35.5. The lowest BCUT2D eigenvalue weighted by Crippen LogP contribution is -2.44. The molecule has 3 rings (SSSR count). The molecular formula is C25H20Cl2F3N3O5S. The van der Waals surface area contributed by atoms with Gasteiger partial charge >= 0.3 is 12.1 Å². The maximum Gasteiger partial charge on any atom is 0.418 e. The lowest BCUT2D eigenvalue weighted by Gasteiger charge is -2.31. The van der Waals surface area contributed by atoms with E-state index in [0.717, 1.165) is 19.2 Å². The van der Waals surface area contributed by atoms with Crippen molar-refractivity contribution < 1.29 is 37.0 Å². The predicted octanol–water partition coefficient (Wildman–Crippen LogP) is 5.52. The van der Waals surface area contributed by atoms with Gasteiger partial charge in [0.2, 0.25) is 11.8 Å². The molecule has 0 bridgehead atoms. The number of hydrogen-bond acceptors (Lipinski definition) is 7. The second kappa shape index (κ2) is 12.6. The summed E-state index contributed by atoms with van der Waals surface area (Å²) in [6.45, 7) is 1.98. The molecule has 0 saturated carbocycles. The number of thioether (sulfide) groups is 1. The third-order valence-corrected chi connectivity index (χ3v) is 7.08. The van der Waals surface area contributed by atoms with E-state index >= 15 is 0 Å². The summed E-state index contributed by atoms with van der Waals surface area (Å²) in [5, 5.41) is 14.7. The molecule has 1 aliphatic heterocycles. The number of anilines is 1. The minimum absolute atomic E-state index is 0.0620. The first-order valence-corrected chi connectivity index (χ1v) is 12.9. The Kier molecular flexibility index (Phi) is 9.77. The summed E-state index contributed by atoms with van der Waals surface area (Å²) in [7, 11) is 1.08. The van der Waals surface area contributed by atoms with Gasteiger partial charge in [-0.1, -0.05) is 47.1 Å². The van der Waals surface area contributed by atoms with Crippen molar-refractivity contribution in [2.24, 2.45) is 5.92 Å². The largest absolute Gasteiger partial charge is 0.491 e. The summed E-state index contributed by atoms with van der Waals surface area (Å²) in [5.74, 6) is -5.56. The van der Waals surface area contributed by atoms with Gasteiger partial charge in [0.25, 0.3) is 0 Å². The number of nitrogens with one attached hydrogen (secondary N) is 2. The van der Waals surface area contributed by atoms with Crippen LogP contribution in [-0.4, -0.2) is 37.3 Å². The van der Waals surface area contributed by atoms with Crippen LogP contribution in [0.1, 0.15) is 24.0 Å². The van der Waals surface area contributed by atoms with E-state index in [1.165, 1.54) is 24.3 Å². The number of carbonyl (C=O) groups excluding carboxylic acids is 3. The fraction of sp³-hybridized carbons (Fsp3) is 0.280. The van der Waals surface area contributed by atoms with Gasteiger partial charge in [0, 0.05) is 5.92 Å². The topological polar surface area (TPSA) is 118 Å². The molecule has 2 N–H and O–H groups in total. The minimum atomic E-state index is -4.69. The Hall–Kier alpha value is -3.40. The van der Waals surface area contributed by atoms with Gasteiger partial charge in [-0.15, -0.1) is 0 Å². The van der Waals surface area contributed by atoms with Crippen LogP contribution in [0.3, 0.4) is 0 Å². The highest BCUT2D eigenvalue weighted by Gasteiger charge is 2.45. The van der Waals surface area contributed by atoms with Crippen molar-refractivity contribution in [1.82, 2.24) is 5.32 Å². The first-order chi connectivity index (χ1) is 18.4. The molecule has 2 aromatic rings. The van der Waals surface area contributed by atoms with E-state index < -0.39 is 52.8 Å². The molecule has 0 fully saturated rings. The van der Waals surface area contributed by atoms with E-state index in [1.807, 2.05) is 6.07 Å². The molecule has 206 valence electrons. The van der Waals surface area contributed by atoms with Crippen molar-refractivity contribution >= 4 is 58.4 Å². The summed E-state index contributed by atoms with van der Waals surface area (Å²) in [4.78, 5) is 38.1. The van der Waals surface area contributed by atoms with E-state index in [9.17, 15) is 32.8 Å². The second-order valence-electron chi connectivity index (χ2n) is 7.95.